The van der Waals surface area contributed by atoms with Crippen molar-refractivity contribution in [3.05, 3.63) is 70.8 Å². The maximum absolute atomic E-state index is 12.4. The molecule has 0 saturated carbocycles. The summed E-state index contributed by atoms with van der Waals surface area (Å²) in [5.41, 5.74) is 2.72. The molecule has 0 amide bonds. The van der Waals surface area contributed by atoms with Gasteiger partial charge in [0.1, 0.15) is 5.25 Å². The molecule has 0 saturated heterocycles. The van der Waals surface area contributed by atoms with Crippen LogP contribution in [0, 0.1) is 6.92 Å². The first-order chi connectivity index (χ1) is 11.7. The molecule has 0 aliphatic carbocycles. The highest BCUT2D eigenvalue weighted by Crippen LogP contribution is 2.32. The van der Waals surface area contributed by atoms with Gasteiger partial charge in [0.15, 0.2) is 20.7 Å². The van der Waals surface area contributed by atoms with Gasteiger partial charge >= 0.3 is 0 Å². The molecule has 0 heterocycles. The van der Waals surface area contributed by atoms with E-state index in [4.69, 9.17) is 0 Å². The van der Waals surface area contributed by atoms with Crippen molar-refractivity contribution in [2.75, 3.05) is 12.0 Å². The van der Waals surface area contributed by atoms with Gasteiger partial charge in [0, 0.05) is 18.7 Å². The molecule has 1 atom stereocenters. The smallest absolute Gasteiger partial charge is 0.186 e. The third kappa shape index (κ3) is 5.03. The molecule has 4 nitrogen and oxygen atoms in total. The van der Waals surface area contributed by atoms with Crippen LogP contribution >= 0.6 is 11.8 Å². The number of aryl methyl sites for hydroxylation is 1. The predicted molar refractivity (Wildman–Crippen MR) is 102 cm³/mol. The van der Waals surface area contributed by atoms with Gasteiger partial charge in [0.05, 0.1) is 5.75 Å². The summed E-state index contributed by atoms with van der Waals surface area (Å²) in [5, 5.41) is -0.883. The van der Waals surface area contributed by atoms with E-state index in [2.05, 4.69) is 0 Å². The monoisotopic (exact) mass is 376 g/mol. The standard InChI is InChI=1S/C19H20O4S2/c1-13-6-4-5-7-17(13)19(25(3,22)23)16-10-8-15(9-11-16)18(21)12-24-14(2)20/h4-11,19H,12H2,1-3H3. The van der Waals surface area contributed by atoms with Crippen LogP contribution in [0.3, 0.4) is 0 Å². The summed E-state index contributed by atoms with van der Waals surface area (Å²) in [5.74, 6) is -0.0688. The first-order valence-corrected chi connectivity index (χ1v) is 10.6. The molecule has 2 rings (SSSR count). The fourth-order valence-corrected chi connectivity index (χ4v) is 4.51. The molecule has 25 heavy (non-hydrogen) atoms. The Bertz CT molecular complexity index is 884. The second-order valence-electron chi connectivity index (χ2n) is 5.89. The Morgan fingerprint density at radius 2 is 1.64 bits per heavy atom. The number of Topliss-reactive ketones (excluding diaryl/α,β-unsaturated/α-hetero) is 1. The lowest BCUT2D eigenvalue weighted by molar-refractivity contribution is -0.109. The first kappa shape index (κ1) is 19.4. The summed E-state index contributed by atoms with van der Waals surface area (Å²) in [7, 11) is -3.38. The zero-order chi connectivity index (χ0) is 18.6. The summed E-state index contributed by atoms with van der Waals surface area (Å²) >= 11 is 0.963. The average Bonchev–Trinajstić information content (AvgIpc) is 2.54. The molecule has 2 aromatic carbocycles. The van der Waals surface area contributed by atoms with Crippen molar-refractivity contribution in [3.8, 4) is 0 Å². The minimum absolute atomic E-state index is 0.0853. The molecule has 0 aliphatic rings. The zero-order valence-electron chi connectivity index (χ0n) is 14.4. The van der Waals surface area contributed by atoms with Gasteiger partial charge in [0.25, 0.3) is 0 Å². The topological polar surface area (TPSA) is 68.3 Å². The van der Waals surface area contributed by atoms with Crippen LogP contribution < -0.4 is 0 Å². The highest BCUT2D eigenvalue weighted by Gasteiger charge is 2.26. The fourth-order valence-electron chi connectivity index (χ4n) is 2.63. The minimum atomic E-state index is -3.38. The molecule has 0 radical (unpaired) electrons. The van der Waals surface area contributed by atoms with Crippen LogP contribution in [0.4, 0.5) is 0 Å². The van der Waals surface area contributed by atoms with E-state index in [1.54, 1.807) is 24.3 Å². The number of hydrogen-bond donors (Lipinski definition) is 0. The maximum atomic E-state index is 12.4. The van der Waals surface area contributed by atoms with E-state index in [1.165, 1.54) is 13.2 Å². The second-order valence-corrected chi connectivity index (χ2v) is 9.17. The largest absolute Gasteiger partial charge is 0.293 e. The van der Waals surface area contributed by atoms with Gasteiger partial charge < -0.3 is 0 Å². The van der Waals surface area contributed by atoms with Gasteiger partial charge in [0.2, 0.25) is 0 Å². The highest BCUT2D eigenvalue weighted by molar-refractivity contribution is 8.14. The summed E-state index contributed by atoms with van der Waals surface area (Å²) in [6.07, 6.45) is 1.21. The number of carbonyl (C=O) groups excluding carboxylic acids is 2. The molecule has 6 heteroatoms. The Morgan fingerprint density at radius 3 is 2.16 bits per heavy atom. The van der Waals surface area contributed by atoms with Crippen LogP contribution in [-0.2, 0) is 14.6 Å². The van der Waals surface area contributed by atoms with Crippen molar-refractivity contribution in [1.29, 1.82) is 0 Å². The normalized spacial score (nSPS) is 12.6. The van der Waals surface area contributed by atoms with E-state index >= 15 is 0 Å². The Hall–Kier alpha value is -1.92. The molecule has 0 bridgehead atoms. The minimum Gasteiger partial charge on any atom is -0.293 e. The molecule has 132 valence electrons. The second kappa shape index (κ2) is 7.97. The van der Waals surface area contributed by atoms with Crippen LogP contribution in [0.2, 0.25) is 0 Å². The van der Waals surface area contributed by atoms with E-state index in [-0.39, 0.29) is 16.7 Å². The average molecular weight is 376 g/mol. The number of ketones is 1. The Balaban J connectivity index is 2.36. The van der Waals surface area contributed by atoms with Crippen LogP contribution in [0.5, 0.6) is 0 Å². The van der Waals surface area contributed by atoms with Crippen LogP contribution in [-0.4, -0.2) is 31.3 Å². The van der Waals surface area contributed by atoms with Gasteiger partial charge in [-0.25, -0.2) is 8.42 Å². The van der Waals surface area contributed by atoms with Crippen LogP contribution in [0.25, 0.3) is 0 Å². The van der Waals surface area contributed by atoms with Crippen molar-refractivity contribution < 1.29 is 18.0 Å². The molecule has 0 N–H and O–H groups in total. The van der Waals surface area contributed by atoms with Gasteiger partial charge in [-0.05, 0) is 23.6 Å². The molecule has 2 aromatic rings. The third-order valence-electron chi connectivity index (χ3n) is 3.84. The Kier molecular flexibility index (Phi) is 6.19. The van der Waals surface area contributed by atoms with E-state index in [0.29, 0.717) is 11.1 Å². The van der Waals surface area contributed by atoms with Crippen molar-refractivity contribution >= 4 is 32.5 Å². The van der Waals surface area contributed by atoms with Gasteiger partial charge in [-0.15, -0.1) is 0 Å². The number of rotatable bonds is 6. The first-order valence-electron chi connectivity index (χ1n) is 7.71. The molecular formula is C19H20O4S2. The van der Waals surface area contributed by atoms with Crippen molar-refractivity contribution in [1.82, 2.24) is 0 Å². The van der Waals surface area contributed by atoms with Crippen LogP contribution in [0.15, 0.2) is 48.5 Å². The Morgan fingerprint density at radius 1 is 1.04 bits per heavy atom. The Labute approximate surface area is 152 Å². The lowest BCUT2D eigenvalue weighted by Crippen LogP contribution is -2.14. The van der Waals surface area contributed by atoms with Crippen molar-refractivity contribution in [2.24, 2.45) is 0 Å². The number of carbonyl (C=O) groups is 2. The molecule has 0 spiro atoms. The van der Waals surface area contributed by atoms with Gasteiger partial charge in [-0.1, -0.05) is 60.3 Å². The lowest BCUT2D eigenvalue weighted by Gasteiger charge is -2.18. The predicted octanol–water partition coefficient (Wildman–Crippen LogP) is 3.59. The SMILES string of the molecule is CC(=O)SCC(=O)c1ccc(C(c2ccccc2C)S(C)(=O)=O)cc1. The van der Waals surface area contributed by atoms with Crippen molar-refractivity contribution in [2.45, 2.75) is 19.1 Å². The maximum Gasteiger partial charge on any atom is 0.186 e. The van der Waals surface area contributed by atoms with E-state index in [1.807, 2.05) is 31.2 Å². The van der Waals surface area contributed by atoms with Gasteiger partial charge in [-0.2, -0.15) is 0 Å². The third-order valence-corrected chi connectivity index (χ3v) is 6.04. The molecule has 1 unspecified atom stereocenters. The highest BCUT2D eigenvalue weighted by atomic mass is 32.2. The summed E-state index contributed by atoms with van der Waals surface area (Å²) in [4.78, 5) is 23.0. The number of sulfone groups is 1. The summed E-state index contributed by atoms with van der Waals surface area (Å²) in [6, 6.07) is 14.0. The summed E-state index contributed by atoms with van der Waals surface area (Å²) in [6.45, 7) is 3.30. The zero-order valence-corrected chi connectivity index (χ0v) is 16.0. The quantitative estimate of drug-likeness (QED) is 0.721. The van der Waals surface area contributed by atoms with Gasteiger partial charge in [-0.3, -0.25) is 9.59 Å². The fraction of sp³-hybridized carbons (Fsp3) is 0.263. The summed E-state index contributed by atoms with van der Waals surface area (Å²) < 4.78 is 24.7. The molecule has 0 aromatic heterocycles. The number of thioether (sulfide) groups is 1. The van der Waals surface area contributed by atoms with Crippen LogP contribution in [0.1, 0.15) is 39.2 Å². The molecule has 0 fully saturated rings. The molecular weight excluding hydrogens is 356 g/mol. The van der Waals surface area contributed by atoms with E-state index < -0.39 is 15.1 Å². The molecule has 0 aliphatic heterocycles. The van der Waals surface area contributed by atoms with Crippen molar-refractivity contribution in [3.63, 3.8) is 0 Å². The lowest BCUT2D eigenvalue weighted by atomic mass is 9.98. The number of hydrogen-bond acceptors (Lipinski definition) is 5. The number of benzene rings is 2. The van der Waals surface area contributed by atoms with E-state index in [0.717, 1.165) is 22.9 Å². The van der Waals surface area contributed by atoms with E-state index in [9.17, 15) is 18.0 Å².